The van der Waals surface area contributed by atoms with Crippen molar-refractivity contribution < 1.29 is 9.53 Å². The fourth-order valence-electron chi connectivity index (χ4n) is 3.62. The zero-order valence-electron chi connectivity index (χ0n) is 17.0. The average molecular weight is 394 g/mol. The predicted octanol–water partition coefficient (Wildman–Crippen LogP) is 5.41. The van der Waals surface area contributed by atoms with Crippen molar-refractivity contribution in [3.63, 3.8) is 0 Å². The van der Waals surface area contributed by atoms with Crippen LogP contribution in [-0.4, -0.2) is 17.0 Å². The molecule has 0 saturated carbocycles. The largest absolute Gasteiger partial charge is 0.486 e. The fourth-order valence-corrected chi connectivity index (χ4v) is 3.62. The summed E-state index contributed by atoms with van der Waals surface area (Å²) in [5, 5.41) is 10.6. The van der Waals surface area contributed by atoms with E-state index in [1.165, 1.54) is 5.56 Å². The van der Waals surface area contributed by atoms with Gasteiger partial charge in [0.15, 0.2) is 5.78 Å². The van der Waals surface area contributed by atoms with Crippen LogP contribution in [0.25, 0.3) is 22.0 Å². The van der Waals surface area contributed by atoms with Crippen molar-refractivity contribution in [3.8, 4) is 22.9 Å². The van der Waals surface area contributed by atoms with Gasteiger partial charge in [0.1, 0.15) is 18.3 Å². The van der Waals surface area contributed by atoms with Gasteiger partial charge < -0.3 is 9.30 Å². The van der Waals surface area contributed by atoms with Gasteiger partial charge in [0.25, 0.3) is 0 Å². The maximum Gasteiger partial charge on any atom is 0.193 e. The molecule has 4 rings (SSSR count). The van der Waals surface area contributed by atoms with Crippen molar-refractivity contribution in [3.05, 3.63) is 90.1 Å². The zero-order valence-corrected chi connectivity index (χ0v) is 17.0. The summed E-state index contributed by atoms with van der Waals surface area (Å²) in [6.45, 7) is 1.91. The van der Waals surface area contributed by atoms with Crippen LogP contribution in [0.3, 0.4) is 0 Å². The molecular formula is C26H22N2O2. The number of ether oxygens (including phenoxy) is 1. The van der Waals surface area contributed by atoms with Gasteiger partial charge in [0, 0.05) is 18.3 Å². The van der Waals surface area contributed by atoms with Gasteiger partial charge in [-0.15, -0.1) is 0 Å². The third kappa shape index (κ3) is 3.83. The predicted molar refractivity (Wildman–Crippen MR) is 118 cm³/mol. The van der Waals surface area contributed by atoms with E-state index in [4.69, 9.17) is 4.74 Å². The summed E-state index contributed by atoms with van der Waals surface area (Å²) in [6, 6.07) is 27.8. The topological polar surface area (TPSA) is 55.0 Å². The van der Waals surface area contributed by atoms with E-state index in [-0.39, 0.29) is 12.4 Å². The fraction of sp³-hybridized carbons (Fsp3) is 0.154. The first kappa shape index (κ1) is 19.5. The number of carbonyl (C=O) groups is 1. The van der Waals surface area contributed by atoms with Crippen molar-refractivity contribution in [2.75, 3.05) is 6.61 Å². The highest BCUT2D eigenvalue weighted by molar-refractivity contribution is 5.92. The van der Waals surface area contributed by atoms with Gasteiger partial charge >= 0.3 is 0 Å². The number of aryl methyl sites for hydroxylation is 2. The molecule has 1 heterocycles. The quantitative estimate of drug-likeness (QED) is 0.439. The number of carbonyl (C=O) groups excluding carboxylic acids is 1. The molecule has 0 spiro atoms. The van der Waals surface area contributed by atoms with E-state index in [1.807, 2.05) is 66.2 Å². The highest BCUT2D eigenvalue weighted by Crippen LogP contribution is 2.26. The number of hydrogen-bond donors (Lipinski definition) is 0. The first-order valence-electron chi connectivity index (χ1n) is 9.83. The third-order valence-corrected chi connectivity index (χ3v) is 5.36. The lowest BCUT2D eigenvalue weighted by molar-refractivity contribution is -0.121. The van der Waals surface area contributed by atoms with Gasteiger partial charge in [0.05, 0.1) is 6.07 Å². The van der Waals surface area contributed by atoms with Crippen LogP contribution in [0.4, 0.5) is 0 Å². The summed E-state index contributed by atoms with van der Waals surface area (Å²) in [4.78, 5) is 12.7. The van der Waals surface area contributed by atoms with Crippen molar-refractivity contribution in [1.29, 1.82) is 5.26 Å². The lowest BCUT2D eigenvalue weighted by atomic mass is 10.0. The van der Waals surface area contributed by atoms with Gasteiger partial charge in [0.2, 0.25) is 0 Å². The Morgan fingerprint density at radius 2 is 1.63 bits per heavy atom. The first-order chi connectivity index (χ1) is 14.6. The molecule has 0 N–H and O–H groups in total. The van der Waals surface area contributed by atoms with Crippen molar-refractivity contribution in [1.82, 2.24) is 4.57 Å². The van der Waals surface area contributed by atoms with Crippen LogP contribution in [0.1, 0.15) is 17.2 Å². The van der Waals surface area contributed by atoms with E-state index in [9.17, 15) is 10.1 Å². The second kappa shape index (κ2) is 8.26. The van der Waals surface area contributed by atoms with Crippen LogP contribution in [-0.2, 0) is 11.8 Å². The number of nitriles is 1. The van der Waals surface area contributed by atoms with Crippen molar-refractivity contribution >= 4 is 16.7 Å². The second-order valence-electron chi connectivity index (χ2n) is 7.39. The third-order valence-electron chi connectivity index (χ3n) is 5.36. The highest BCUT2D eigenvalue weighted by atomic mass is 16.5. The minimum atomic E-state index is -0.866. The average Bonchev–Trinajstić information content (AvgIpc) is 3.10. The molecule has 0 saturated heterocycles. The van der Waals surface area contributed by atoms with Gasteiger partial charge in [-0.1, -0.05) is 60.2 Å². The molecular weight excluding hydrogens is 372 g/mol. The number of fused-ring (bicyclic) bond motifs is 1. The number of hydrogen-bond acceptors (Lipinski definition) is 3. The number of nitrogens with zero attached hydrogens (tertiary/aromatic N) is 2. The lowest BCUT2D eigenvalue weighted by Gasteiger charge is -2.12. The van der Waals surface area contributed by atoms with Gasteiger partial charge in [-0.25, -0.2) is 0 Å². The molecule has 1 aromatic heterocycles. The van der Waals surface area contributed by atoms with E-state index in [2.05, 4.69) is 37.3 Å². The molecule has 0 aliphatic rings. The molecule has 4 nitrogen and oxygen atoms in total. The smallest absolute Gasteiger partial charge is 0.193 e. The van der Waals surface area contributed by atoms with Crippen LogP contribution in [0, 0.1) is 18.3 Å². The molecule has 4 heteroatoms. The number of para-hydroxylation sites is 1. The molecule has 0 fully saturated rings. The minimum Gasteiger partial charge on any atom is -0.486 e. The molecule has 1 unspecified atom stereocenters. The lowest BCUT2D eigenvalue weighted by Crippen LogP contribution is -2.20. The van der Waals surface area contributed by atoms with E-state index in [1.54, 1.807) is 0 Å². The van der Waals surface area contributed by atoms with Crippen LogP contribution >= 0.6 is 0 Å². The van der Waals surface area contributed by atoms with Gasteiger partial charge in [-0.05, 0) is 47.7 Å². The Balaban J connectivity index is 1.46. The summed E-state index contributed by atoms with van der Waals surface area (Å²) < 4.78 is 7.59. The Labute approximate surface area is 176 Å². The molecule has 1 atom stereocenters. The van der Waals surface area contributed by atoms with Gasteiger partial charge in [-0.2, -0.15) is 5.26 Å². The summed E-state index contributed by atoms with van der Waals surface area (Å²) in [5.41, 5.74) is 5.10. The molecule has 0 bridgehead atoms. The minimum absolute atomic E-state index is 0.149. The highest BCUT2D eigenvalue weighted by Gasteiger charge is 2.24. The van der Waals surface area contributed by atoms with Crippen molar-refractivity contribution in [2.45, 2.75) is 12.8 Å². The van der Waals surface area contributed by atoms with Crippen LogP contribution in [0.2, 0.25) is 0 Å². The van der Waals surface area contributed by atoms with E-state index < -0.39 is 5.92 Å². The first-order valence-corrected chi connectivity index (χ1v) is 9.83. The molecule has 0 radical (unpaired) electrons. The summed E-state index contributed by atoms with van der Waals surface area (Å²) in [7, 11) is 1.87. The Kier molecular flexibility index (Phi) is 5.36. The SMILES string of the molecule is Cc1ccc(-c2ccc(OCC(=O)C(C#N)c3cc4ccccc4n3C)cc2)cc1. The van der Waals surface area contributed by atoms with E-state index in [0.29, 0.717) is 11.4 Å². The molecule has 30 heavy (non-hydrogen) atoms. The molecule has 0 amide bonds. The van der Waals surface area contributed by atoms with E-state index in [0.717, 1.165) is 22.0 Å². The molecule has 4 aromatic rings. The number of rotatable bonds is 6. The molecule has 3 aromatic carbocycles. The summed E-state index contributed by atoms with van der Waals surface area (Å²) in [5.74, 6) is -0.520. The zero-order chi connectivity index (χ0) is 21.1. The Hall–Kier alpha value is -3.84. The second-order valence-corrected chi connectivity index (χ2v) is 7.39. The number of Topliss-reactive ketones (excluding diaryl/α,β-unsaturated/α-hetero) is 1. The number of aromatic nitrogens is 1. The molecule has 0 aliphatic carbocycles. The Morgan fingerprint density at radius 1 is 1.00 bits per heavy atom. The van der Waals surface area contributed by atoms with Crippen LogP contribution in [0.15, 0.2) is 78.9 Å². The van der Waals surface area contributed by atoms with Crippen molar-refractivity contribution in [2.24, 2.45) is 7.05 Å². The number of ketones is 1. The van der Waals surface area contributed by atoms with Crippen LogP contribution < -0.4 is 4.74 Å². The summed E-state index contributed by atoms with van der Waals surface area (Å²) >= 11 is 0. The standard InChI is InChI=1S/C26H22N2O2/c1-18-7-9-19(10-8-18)20-11-13-22(14-12-20)30-17-26(29)23(16-27)25-15-21-5-3-4-6-24(21)28(25)2/h3-15,23H,17H2,1-2H3. The molecule has 0 aliphatic heterocycles. The van der Waals surface area contributed by atoms with E-state index >= 15 is 0 Å². The van der Waals surface area contributed by atoms with Crippen LogP contribution in [0.5, 0.6) is 5.75 Å². The Bertz CT molecular complexity index is 1230. The number of benzene rings is 3. The van der Waals surface area contributed by atoms with Gasteiger partial charge in [-0.3, -0.25) is 4.79 Å². The summed E-state index contributed by atoms with van der Waals surface area (Å²) in [6.07, 6.45) is 0. The maximum absolute atomic E-state index is 12.7. The monoisotopic (exact) mass is 394 g/mol. The Morgan fingerprint density at radius 3 is 2.27 bits per heavy atom. The molecule has 148 valence electrons. The maximum atomic E-state index is 12.7. The normalized spacial score (nSPS) is 11.8.